The molecular weight excluding hydrogens is 146 g/mol. The Kier molecular flexibility index (Phi) is 1.40. The fraction of sp³-hybridized carbons (Fsp3) is 0. The van der Waals surface area contributed by atoms with E-state index in [1.54, 1.807) is 0 Å². The van der Waals surface area contributed by atoms with Crippen LogP contribution in [-0.2, 0) is 0 Å². The third-order valence-electron chi connectivity index (χ3n) is 0.718. The van der Waals surface area contributed by atoms with Crippen molar-refractivity contribution in [3.05, 3.63) is 17.3 Å². The highest BCUT2D eigenvalue weighted by molar-refractivity contribution is 6.31. The van der Waals surface area contributed by atoms with Gasteiger partial charge >= 0.3 is 5.97 Å². The molecule has 1 N–H and O–H groups in total. The molecule has 0 atom stereocenters. The van der Waals surface area contributed by atoms with Gasteiger partial charge in [0.1, 0.15) is 0 Å². The highest BCUT2D eigenvalue weighted by Crippen LogP contribution is 2.11. The predicted octanol–water partition coefficient (Wildman–Crippen LogP) is 1.03. The van der Waals surface area contributed by atoms with Gasteiger partial charge in [-0.1, -0.05) is 11.6 Å². The van der Waals surface area contributed by atoms with Crippen LogP contribution in [0.1, 0.15) is 10.6 Å². The lowest BCUT2D eigenvalue weighted by Gasteiger charge is -1.81. The summed E-state index contributed by atoms with van der Waals surface area (Å²) in [5.41, 5.74) is 0. The highest BCUT2D eigenvalue weighted by Gasteiger charge is 2.12. The Morgan fingerprint density at radius 3 is 2.78 bits per heavy atom. The fourth-order valence-electron chi connectivity index (χ4n) is 0.371. The Hall–Kier alpha value is -1.03. The maximum Gasteiger partial charge on any atom is 0.375 e. The molecule has 0 amide bonds. The highest BCUT2D eigenvalue weighted by atomic mass is 35.5. The second kappa shape index (κ2) is 2.06. The number of nitrogens with zero attached hydrogens (tertiary/aromatic N) is 1. The number of oxazole rings is 1. The molecule has 0 fully saturated rings. The number of hydrogen-bond donors (Lipinski definition) is 1. The molecular formula is C4H2ClNO3. The smallest absolute Gasteiger partial charge is 0.375 e. The van der Waals surface area contributed by atoms with E-state index in [0.29, 0.717) is 0 Å². The first-order valence-electron chi connectivity index (χ1n) is 2.04. The number of carbonyl (C=O) groups is 1. The van der Waals surface area contributed by atoms with Gasteiger partial charge in [0.15, 0.2) is 11.5 Å². The van der Waals surface area contributed by atoms with Gasteiger partial charge in [0, 0.05) is 0 Å². The Bertz CT molecular complexity index is 231. The van der Waals surface area contributed by atoms with Crippen LogP contribution in [0.25, 0.3) is 0 Å². The third kappa shape index (κ3) is 1.02. The summed E-state index contributed by atoms with van der Waals surface area (Å²) in [6.07, 6.45) is 0.978. The molecule has 0 spiro atoms. The van der Waals surface area contributed by atoms with Crippen LogP contribution in [0.4, 0.5) is 0 Å². The molecule has 1 rings (SSSR count). The zero-order valence-corrected chi connectivity index (χ0v) is 4.92. The first-order valence-corrected chi connectivity index (χ1v) is 2.42. The molecule has 1 aromatic rings. The van der Waals surface area contributed by atoms with E-state index < -0.39 is 5.97 Å². The first-order chi connectivity index (χ1) is 4.22. The van der Waals surface area contributed by atoms with Crippen molar-refractivity contribution >= 4 is 17.6 Å². The van der Waals surface area contributed by atoms with Gasteiger partial charge in [-0.2, -0.15) is 0 Å². The van der Waals surface area contributed by atoms with Gasteiger partial charge in [0.05, 0.1) is 0 Å². The molecule has 48 valence electrons. The summed E-state index contributed by atoms with van der Waals surface area (Å²) in [4.78, 5) is 13.4. The van der Waals surface area contributed by atoms with Crippen LogP contribution in [-0.4, -0.2) is 16.1 Å². The van der Waals surface area contributed by atoms with E-state index in [4.69, 9.17) is 16.7 Å². The molecule has 0 aliphatic heterocycles. The van der Waals surface area contributed by atoms with E-state index >= 15 is 0 Å². The van der Waals surface area contributed by atoms with Crippen molar-refractivity contribution in [2.75, 3.05) is 0 Å². The normalized spacial score (nSPS) is 9.44. The number of carboxylic acids is 1. The lowest BCUT2D eigenvalue weighted by Crippen LogP contribution is -1.93. The van der Waals surface area contributed by atoms with Gasteiger partial charge in [-0.05, 0) is 0 Å². The van der Waals surface area contributed by atoms with Crippen molar-refractivity contribution < 1.29 is 14.3 Å². The van der Waals surface area contributed by atoms with Gasteiger partial charge in [-0.25, -0.2) is 9.78 Å². The number of halogens is 1. The fourth-order valence-corrected chi connectivity index (χ4v) is 0.536. The van der Waals surface area contributed by atoms with E-state index in [9.17, 15) is 4.79 Å². The molecule has 0 bridgehead atoms. The molecule has 4 nitrogen and oxygen atoms in total. The lowest BCUT2D eigenvalue weighted by atomic mass is 10.5. The number of aromatic nitrogens is 1. The summed E-state index contributed by atoms with van der Waals surface area (Å²) in [7, 11) is 0. The first kappa shape index (κ1) is 6.10. The monoisotopic (exact) mass is 147 g/mol. The summed E-state index contributed by atoms with van der Waals surface area (Å²) in [6, 6.07) is 0. The zero-order valence-electron chi connectivity index (χ0n) is 4.17. The molecule has 0 saturated heterocycles. The largest absolute Gasteiger partial charge is 0.475 e. The summed E-state index contributed by atoms with van der Waals surface area (Å²) in [6.45, 7) is 0. The van der Waals surface area contributed by atoms with Gasteiger partial charge in [-0.15, -0.1) is 0 Å². The van der Waals surface area contributed by atoms with Gasteiger partial charge in [-0.3, -0.25) is 0 Å². The van der Waals surface area contributed by atoms with E-state index in [1.807, 2.05) is 0 Å². The van der Waals surface area contributed by atoms with Crippen molar-refractivity contribution in [3.8, 4) is 0 Å². The maximum atomic E-state index is 10.1. The maximum absolute atomic E-state index is 10.1. The van der Waals surface area contributed by atoms with Crippen LogP contribution in [0.15, 0.2) is 10.8 Å². The average molecular weight is 148 g/mol. The Balaban J connectivity index is 3.08. The minimum absolute atomic E-state index is 0.123. The van der Waals surface area contributed by atoms with Crippen LogP contribution < -0.4 is 0 Å². The van der Waals surface area contributed by atoms with Crippen molar-refractivity contribution in [2.24, 2.45) is 0 Å². The standard InChI is InChI=1S/C4H2ClNO3/c5-3-2(4(7)8)9-1-6-3/h1H,(H,7,8). The Morgan fingerprint density at radius 2 is 2.56 bits per heavy atom. The molecule has 0 unspecified atom stereocenters. The van der Waals surface area contributed by atoms with Crippen molar-refractivity contribution in [2.45, 2.75) is 0 Å². The number of carboxylic acid groups (broad SMARTS) is 1. The molecule has 5 heteroatoms. The van der Waals surface area contributed by atoms with Crippen molar-refractivity contribution in [1.82, 2.24) is 4.98 Å². The predicted molar refractivity (Wildman–Crippen MR) is 28.5 cm³/mol. The van der Waals surface area contributed by atoms with Crippen LogP contribution in [0.3, 0.4) is 0 Å². The minimum atomic E-state index is -1.21. The molecule has 0 aromatic carbocycles. The summed E-state index contributed by atoms with van der Waals surface area (Å²) < 4.78 is 4.38. The SMILES string of the molecule is O=C(O)c1ocnc1Cl. The van der Waals surface area contributed by atoms with Crippen molar-refractivity contribution in [3.63, 3.8) is 0 Å². The lowest BCUT2D eigenvalue weighted by molar-refractivity contribution is 0.0662. The Labute approximate surface area is 55.1 Å². The molecule has 0 saturated carbocycles. The second-order valence-corrected chi connectivity index (χ2v) is 1.64. The molecule has 1 aromatic heterocycles. The minimum Gasteiger partial charge on any atom is -0.475 e. The molecule has 0 aliphatic rings. The van der Waals surface area contributed by atoms with Crippen LogP contribution >= 0.6 is 11.6 Å². The zero-order chi connectivity index (χ0) is 6.85. The number of hydrogen-bond acceptors (Lipinski definition) is 3. The summed E-state index contributed by atoms with van der Waals surface area (Å²) in [5, 5.41) is 8.11. The van der Waals surface area contributed by atoms with E-state index in [-0.39, 0.29) is 10.9 Å². The molecule has 9 heavy (non-hydrogen) atoms. The van der Waals surface area contributed by atoms with Crippen LogP contribution in [0.5, 0.6) is 0 Å². The molecule has 0 aliphatic carbocycles. The van der Waals surface area contributed by atoms with E-state index in [2.05, 4.69) is 9.40 Å². The van der Waals surface area contributed by atoms with Gasteiger partial charge < -0.3 is 9.52 Å². The average Bonchev–Trinajstić information content (AvgIpc) is 2.13. The quantitative estimate of drug-likeness (QED) is 0.644. The summed E-state index contributed by atoms with van der Waals surface area (Å²) in [5.74, 6) is -1.53. The number of aromatic carboxylic acids is 1. The van der Waals surface area contributed by atoms with Gasteiger partial charge in [0.25, 0.3) is 5.76 Å². The van der Waals surface area contributed by atoms with Crippen LogP contribution in [0.2, 0.25) is 5.15 Å². The Morgan fingerprint density at radius 1 is 1.89 bits per heavy atom. The second-order valence-electron chi connectivity index (χ2n) is 1.28. The topological polar surface area (TPSA) is 63.3 Å². The van der Waals surface area contributed by atoms with E-state index in [1.165, 1.54) is 0 Å². The van der Waals surface area contributed by atoms with Crippen molar-refractivity contribution in [1.29, 1.82) is 0 Å². The van der Waals surface area contributed by atoms with Crippen LogP contribution in [0, 0.1) is 0 Å². The van der Waals surface area contributed by atoms with E-state index in [0.717, 1.165) is 6.39 Å². The third-order valence-corrected chi connectivity index (χ3v) is 0.987. The number of rotatable bonds is 1. The van der Waals surface area contributed by atoms with Gasteiger partial charge in [0.2, 0.25) is 0 Å². The molecule has 1 heterocycles. The summed E-state index contributed by atoms with van der Waals surface area (Å²) >= 11 is 5.25. The molecule has 0 radical (unpaired) electrons.